The van der Waals surface area contributed by atoms with Crippen LogP contribution in [0.25, 0.3) is 0 Å². The van der Waals surface area contributed by atoms with Gasteiger partial charge in [-0.25, -0.2) is 4.79 Å². The van der Waals surface area contributed by atoms with Gasteiger partial charge in [0.15, 0.2) is 0 Å². The summed E-state index contributed by atoms with van der Waals surface area (Å²) < 4.78 is 4.83. The van der Waals surface area contributed by atoms with E-state index in [-0.39, 0.29) is 5.97 Å². The van der Waals surface area contributed by atoms with Crippen molar-refractivity contribution in [2.75, 3.05) is 13.7 Å². The van der Waals surface area contributed by atoms with E-state index in [9.17, 15) is 4.79 Å². The number of nitrogens with one attached hydrogen (secondary N) is 1. The second-order valence-electron chi connectivity index (χ2n) is 2.55. The Morgan fingerprint density at radius 1 is 1.75 bits per heavy atom. The monoisotopic (exact) mass is 171 g/mol. The lowest BCUT2D eigenvalue weighted by atomic mass is 10.2. The number of carbonyl (C=O) groups excluding carboxylic acids is 1. The Kier molecular flexibility index (Phi) is 6.38. The van der Waals surface area contributed by atoms with E-state index >= 15 is 0 Å². The first kappa shape index (κ1) is 11.2. The van der Waals surface area contributed by atoms with Gasteiger partial charge in [0, 0.05) is 12.1 Å². The minimum Gasteiger partial charge on any atom is -0.462 e. The lowest BCUT2D eigenvalue weighted by Crippen LogP contribution is -2.26. The molecule has 0 rings (SSSR count). The summed E-state index contributed by atoms with van der Waals surface area (Å²) in [6.45, 7) is 5.86. The molecule has 0 aliphatic heterocycles. The second kappa shape index (κ2) is 6.85. The fraction of sp³-hybridized carbons (Fsp3) is 0.667. The molecular weight excluding hydrogens is 154 g/mol. The molecule has 1 unspecified atom stereocenters. The number of carbonyl (C=O) groups is 1. The fourth-order valence-corrected chi connectivity index (χ4v) is 0.913. The van der Waals surface area contributed by atoms with Gasteiger partial charge in [-0.05, 0) is 19.9 Å². The summed E-state index contributed by atoms with van der Waals surface area (Å²) in [7, 11) is 1.91. The van der Waals surface area contributed by atoms with E-state index < -0.39 is 0 Å². The Labute approximate surface area is 73.8 Å². The minimum atomic E-state index is -0.346. The Bertz CT molecular complexity index is 141. The van der Waals surface area contributed by atoms with Crippen LogP contribution in [0.3, 0.4) is 0 Å². The summed E-state index contributed by atoms with van der Waals surface area (Å²) in [5, 5.41) is 3.13. The van der Waals surface area contributed by atoms with Gasteiger partial charge in [0.05, 0.1) is 6.61 Å². The maximum absolute atomic E-state index is 10.6. The molecule has 3 heteroatoms. The molecule has 0 heterocycles. The highest BCUT2D eigenvalue weighted by Gasteiger charge is 2.03. The van der Waals surface area contributed by atoms with Crippen molar-refractivity contribution in [1.82, 2.24) is 5.32 Å². The van der Waals surface area contributed by atoms with Crippen LogP contribution in [0.4, 0.5) is 0 Å². The second-order valence-corrected chi connectivity index (χ2v) is 2.55. The molecule has 0 aromatic rings. The first-order valence-corrected chi connectivity index (χ1v) is 4.21. The standard InChI is InChI=1S/C9H17NO2/c1-4-8(10-3)6-7-12-9(11)5-2/h5,8,10H,2,4,6-7H2,1,3H3. The Morgan fingerprint density at radius 3 is 2.83 bits per heavy atom. The number of ether oxygens (including phenoxy) is 1. The Balaban J connectivity index is 3.40. The molecule has 0 aromatic carbocycles. The molecule has 70 valence electrons. The number of esters is 1. The molecule has 1 atom stereocenters. The van der Waals surface area contributed by atoms with E-state index in [4.69, 9.17) is 4.74 Å². The van der Waals surface area contributed by atoms with E-state index in [2.05, 4.69) is 18.8 Å². The average Bonchev–Trinajstić information content (AvgIpc) is 2.12. The largest absolute Gasteiger partial charge is 0.462 e. The van der Waals surface area contributed by atoms with Crippen molar-refractivity contribution < 1.29 is 9.53 Å². The van der Waals surface area contributed by atoms with Gasteiger partial charge in [-0.15, -0.1) is 0 Å². The maximum Gasteiger partial charge on any atom is 0.330 e. The first-order chi connectivity index (χ1) is 5.74. The van der Waals surface area contributed by atoms with E-state index in [1.54, 1.807) is 0 Å². The molecule has 0 saturated carbocycles. The van der Waals surface area contributed by atoms with E-state index in [1.807, 2.05) is 7.05 Å². The van der Waals surface area contributed by atoms with Crippen molar-refractivity contribution in [3.8, 4) is 0 Å². The van der Waals surface area contributed by atoms with Gasteiger partial charge < -0.3 is 10.1 Å². The SMILES string of the molecule is C=CC(=O)OCCC(CC)NC. The molecule has 0 aliphatic carbocycles. The zero-order chi connectivity index (χ0) is 9.40. The van der Waals surface area contributed by atoms with Gasteiger partial charge in [-0.3, -0.25) is 0 Å². The Hall–Kier alpha value is -0.830. The summed E-state index contributed by atoms with van der Waals surface area (Å²) in [4.78, 5) is 10.6. The summed E-state index contributed by atoms with van der Waals surface area (Å²) in [5.74, 6) is -0.346. The molecule has 12 heavy (non-hydrogen) atoms. The van der Waals surface area contributed by atoms with Gasteiger partial charge in [0.25, 0.3) is 0 Å². The molecule has 0 fully saturated rings. The van der Waals surface area contributed by atoms with Crippen LogP contribution in [0.15, 0.2) is 12.7 Å². The third-order valence-corrected chi connectivity index (χ3v) is 1.78. The average molecular weight is 171 g/mol. The highest BCUT2D eigenvalue weighted by Crippen LogP contribution is 1.96. The van der Waals surface area contributed by atoms with E-state index in [0.29, 0.717) is 12.6 Å². The molecule has 0 aromatic heterocycles. The van der Waals surface area contributed by atoms with Crippen molar-refractivity contribution in [1.29, 1.82) is 0 Å². The van der Waals surface area contributed by atoms with Crippen molar-refractivity contribution in [3.05, 3.63) is 12.7 Å². The van der Waals surface area contributed by atoms with Crippen molar-refractivity contribution >= 4 is 5.97 Å². The van der Waals surface area contributed by atoms with Crippen LogP contribution in [-0.2, 0) is 9.53 Å². The van der Waals surface area contributed by atoms with E-state index in [0.717, 1.165) is 12.8 Å². The lowest BCUT2D eigenvalue weighted by molar-refractivity contribution is -0.137. The van der Waals surface area contributed by atoms with Gasteiger partial charge in [-0.1, -0.05) is 13.5 Å². The van der Waals surface area contributed by atoms with Crippen LogP contribution in [0.5, 0.6) is 0 Å². The zero-order valence-electron chi connectivity index (χ0n) is 7.80. The molecule has 0 bridgehead atoms. The van der Waals surface area contributed by atoms with Crippen LogP contribution in [0.1, 0.15) is 19.8 Å². The molecule has 0 radical (unpaired) electrons. The van der Waals surface area contributed by atoms with E-state index in [1.165, 1.54) is 6.08 Å². The third kappa shape index (κ3) is 4.91. The smallest absolute Gasteiger partial charge is 0.330 e. The van der Waals surface area contributed by atoms with Crippen LogP contribution < -0.4 is 5.32 Å². The quantitative estimate of drug-likeness (QED) is 0.480. The molecule has 0 amide bonds. The molecule has 1 N–H and O–H groups in total. The molecule has 0 aliphatic rings. The highest BCUT2D eigenvalue weighted by atomic mass is 16.5. The summed E-state index contributed by atoms with van der Waals surface area (Å²) in [6.07, 6.45) is 3.08. The van der Waals surface area contributed by atoms with Crippen molar-refractivity contribution in [2.45, 2.75) is 25.8 Å². The minimum absolute atomic E-state index is 0.346. The predicted molar refractivity (Wildman–Crippen MR) is 48.9 cm³/mol. The van der Waals surface area contributed by atoms with Gasteiger partial charge >= 0.3 is 5.97 Å². The van der Waals surface area contributed by atoms with Crippen LogP contribution in [0.2, 0.25) is 0 Å². The summed E-state index contributed by atoms with van der Waals surface area (Å²) in [6, 6.07) is 0.433. The van der Waals surface area contributed by atoms with Crippen LogP contribution >= 0.6 is 0 Å². The van der Waals surface area contributed by atoms with Crippen molar-refractivity contribution in [2.24, 2.45) is 0 Å². The molecule has 0 spiro atoms. The lowest BCUT2D eigenvalue weighted by Gasteiger charge is -2.12. The number of hydrogen-bond acceptors (Lipinski definition) is 3. The van der Waals surface area contributed by atoms with Crippen LogP contribution in [0, 0.1) is 0 Å². The number of rotatable bonds is 6. The fourth-order valence-electron chi connectivity index (χ4n) is 0.913. The predicted octanol–water partition coefficient (Wildman–Crippen LogP) is 1.10. The number of hydrogen-bond donors (Lipinski definition) is 1. The normalized spacial score (nSPS) is 12.2. The van der Waals surface area contributed by atoms with Gasteiger partial charge in [-0.2, -0.15) is 0 Å². The molecule has 3 nitrogen and oxygen atoms in total. The molecular formula is C9H17NO2. The topological polar surface area (TPSA) is 38.3 Å². The first-order valence-electron chi connectivity index (χ1n) is 4.21. The van der Waals surface area contributed by atoms with Gasteiger partial charge in [0.2, 0.25) is 0 Å². The maximum atomic E-state index is 10.6. The van der Waals surface area contributed by atoms with Crippen molar-refractivity contribution in [3.63, 3.8) is 0 Å². The van der Waals surface area contributed by atoms with Crippen LogP contribution in [-0.4, -0.2) is 25.7 Å². The summed E-state index contributed by atoms with van der Waals surface area (Å²) in [5.41, 5.74) is 0. The molecule has 0 saturated heterocycles. The van der Waals surface area contributed by atoms with Gasteiger partial charge in [0.1, 0.15) is 0 Å². The third-order valence-electron chi connectivity index (χ3n) is 1.78. The summed E-state index contributed by atoms with van der Waals surface area (Å²) >= 11 is 0. The highest BCUT2D eigenvalue weighted by molar-refractivity contribution is 5.81. The Morgan fingerprint density at radius 2 is 2.42 bits per heavy atom. The zero-order valence-corrected chi connectivity index (χ0v) is 7.80.